The van der Waals surface area contributed by atoms with Gasteiger partial charge in [0.1, 0.15) is 5.82 Å². The molecule has 0 saturated carbocycles. The Bertz CT molecular complexity index is 1100. The van der Waals surface area contributed by atoms with Gasteiger partial charge < -0.3 is 10.3 Å². The van der Waals surface area contributed by atoms with Crippen molar-refractivity contribution in [2.45, 2.75) is 43.5 Å². The first-order chi connectivity index (χ1) is 14.4. The van der Waals surface area contributed by atoms with Crippen molar-refractivity contribution in [2.75, 3.05) is 13.1 Å². The monoisotopic (exact) mass is 426 g/mol. The number of hydrogen-bond acceptors (Lipinski definition) is 4. The summed E-state index contributed by atoms with van der Waals surface area (Å²) >= 11 is 0. The third-order valence-corrected chi connectivity index (χ3v) is 7.38. The molecule has 4 rings (SSSR count). The Morgan fingerprint density at radius 2 is 1.83 bits per heavy atom. The fourth-order valence-electron chi connectivity index (χ4n) is 3.72. The van der Waals surface area contributed by atoms with E-state index in [2.05, 4.69) is 15.3 Å². The number of H-pyrrole nitrogens is 1. The molecule has 1 fully saturated rings. The van der Waals surface area contributed by atoms with Gasteiger partial charge in [-0.3, -0.25) is 4.79 Å². The minimum absolute atomic E-state index is 0.0725. The van der Waals surface area contributed by atoms with E-state index in [4.69, 9.17) is 0 Å². The largest absolute Gasteiger partial charge is 0.346 e. The van der Waals surface area contributed by atoms with Crippen LogP contribution in [0.15, 0.2) is 53.4 Å². The van der Waals surface area contributed by atoms with Crippen molar-refractivity contribution in [2.24, 2.45) is 0 Å². The highest BCUT2D eigenvalue weighted by Crippen LogP contribution is 2.21. The van der Waals surface area contributed by atoms with E-state index >= 15 is 0 Å². The van der Waals surface area contributed by atoms with Crippen LogP contribution in [-0.2, 0) is 21.2 Å². The number of aromatic nitrogens is 2. The summed E-state index contributed by atoms with van der Waals surface area (Å²) in [6.45, 7) is 3.08. The molecule has 2 aromatic carbocycles. The quantitative estimate of drug-likeness (QED) is 0.607. The minimum Gasteiger partial charge on any atom is -0.346 e. The van der Waals surface area contributed by atoms with Crippen LogP contribution >= 0.6 is 0 Å². The highest BCUT2D eigenvalue weighted by Gasteiger charge is 2.26. The maximum absolute atomic E-state index is 12.6. The molecule has 1 saturated heterocycles. The molecule has 1 aliphatic rings. The smallest absolute Gasteiger partial charge is 0.243 e. The lowest BCUT2D eigenvalue weighted by molar-refractivity contribution is -0.121. The van der Waals surface area contributed by atoms with Crippen LogP contribution in [0.2, 0.25) is 0 Å². The first kappa shape index (κ1) is 20.6. The van der Waals surface area contributed by atoms with Gasteiger partial charge in [-0.25, -0.2) is 13.4 Å². The van der Waals surface area contributed by atoms with Gasteiger partial charge in [-0.05, 0) is 56.0 Å². The van der Waals surface area contributed by atoms with Crippen LogP contribution in [0.25, 0.3) is 11.0 Å². The van der Waals surface area contributed by atoms with E-state index in [-0.39, 0.29) is 11.9 Å². The SMILES string of the molecule is C[C@@H](NC(=O)CCc1ccc(S(=O)(=O)N2CCCC2)cc1)c1nc2ccccc2[nH]1. The summed E-state index contributed by atoms with van der Waals surface area (Å²) in [7, 11) is -3.40. The summed E-state index contributed by atoms with van der Waals surface area (Å²) in [5, 5.41) is 2.96. The maximum Gasteiger partial charge on any atom is 0.243 e. The van der Waals surface area contributed by atoms with Gasteiger partial charge in [0, 0.05) is 19.5 Å². The second-order valence-corrected chi connectivity index (χ2v) is 9.62. The molecule has 1 atom stereocenters. The lowest BCUT2D eigenvalue weighted by Crippen LogP contribution is -2.28. The van der Waals surface area contributed by atoms with E-state index in [9.17, 15) is 13.2 Å². The number of sulfonamides is 1. The molecular weight excluding hydrogens is 400 g/mol. The number of carbonyl (C=O) groups is 1. The van der Waals surface area contributed by atoms with Crippen LogP contribution in [0.5, 0.6) is 0 Å². The van der Waals surface area contributed by atoms with E-state index in [1.54, 1.807) is 24.3 Å². The molecule has 158 valence electrons. The standard InChI is InChI=1S/C22H26N4O3S/c1-16(22-24-19-6-2-3-7-20(19)25-22)23-21(27)13-10-17-8-11-18(12-9-17)30(28,29)26-14-4-5-15-26/h2-3,6-9,11-12,16H,4-5,10,13-15H2,1H3,(H,23,27)(H,24,25)/t16-/m1/s1. The Morgan fingerprint density at radius 3 is 2.53 bits per heavy atom. The van der Waals surface area contributed by atoms with Gasteiger partial charge in [-0.2, -0.15) is 4.31 Å². The predicted octanol–water partition coefficient (Wildman–Crippen LogP) is 3.16. The molecule has 0 bridgehead atoms. The molecule has 1 aliphatic heterocycles. The summed E-state index contributed by atoms with van der Waals surface area (Å²) < 4.78 is 26.7. The van der Waals surface area contributed by atoms with E-state index < -0.39 is 10.0 Å². The normalized spacial score (nSPS) is 16.0. The average Bonchev–Trinajstić information content (AvgIpc) is 3.43. The number of para-hydroxylation sites is 2. The van der Waals surface area contributed by atoms with Gasteiger partial charge in [0.05, 0.1) is 22.0 Å². The Kier molecular flexibility index (Phi) is 5.87. The zero-order valence-corrected chi connectivity index (χ0v) is 17.8. The molecule has 1 aromatic heterocycles. The van der Waals surface area contributed by atoms with Gasteiger partial charge >= 0.3 is 0 Å². The van der Waals surface area contributed by atoms with E-state index in [1.165, 1.54) is 4.31 Å². The molecule has 3 aromatic rings. The molecule has 7 nitrogen and oxygen atoms in total. The number of nitrogens with one attached hydrogen (secondary N) is 2. The molecule has 1 amide bonds. The van der Waals surface area contributed by atoms with Crippen molar-refractivity contribution in [1.29, 1.82) is 0 Å². The van der Waals surface area contributed by atoms with Gasteiger partial charge in [0.25, 0.3) is 0 Å². The number of carbonyl (C=O) groups excluding carboxylic acids is 1. The third-order valence-electron chi connectivity index (χ3n) is 5.46. The molecule has 0 aliphatic carbocycles. The summed E-state index contributed by atoms with van der Waals surface area (Å²) in [6, 6.07) is 14.4. The Morgan fingerprint density at radius 1 is 1.13 bits per heavy atom. The average molecular weight is 427 g/mol. The number of aryl methyl sites for hydroxylation is 1. The number of imidazole rings is 1. The minimum atomic E-state index is -3.40. The molecule has 2 heterocycles. The highest BCUT2D eigenvalue weighted by molar-refractivity contribution is 7.89. The van der Waals surface area contributed by atoms with Gasteiger partial charge in [-0.1, -0.05) is 24.3 Å². The van der Waals surface area contributed by atoms with Gasteiger partial charge in [0.2, 0.25) is 15.9 Å². The van der Waals surface area contributed by atoms with Crippen molar-refractivity contribution in [3.05, 3.63) is 59.9 Å². The van der Waals surface area contributed by atoms with Crippen molar-refractivity contribution in [3.63, 3.8) is 0 Å². The van der Waals surface area contributed by atoms with Crippen molar-refractivity contribution in [3.8, 4) is 0 Å². The fraction of sp³-hybridized carbons (Fsp3) is 0.364. The lowest BCUT2D eigenvalue weighted by atomic mass is 10.1. The predicted molar refractivity (Wildman–Crippen MR) is 115 cm³/mol. The second-order valence-electron chi connectivity index (χ2n) is 7.68. The zero-order chi connectivity index (χ0) is 21.1. The first-order valence-electron chi connectivity index (χ1n) is 10.3. The molecule has 0 unspecified atom stereocenters. The van der Waals surface area contributed by atoms with Crippen molar-refractivity contribution < 1.29 is 13.2 Å². The molecular formula is C22H26N4O3S. The maximum atomic E-state index is 12.6. The zero-order valence-electron chi connectivity index (χ0n) is 17.0. The first-order valence-corrected chi connectivity index (χ1v) is 11.7. The molecule has 0 spiro atoms. The number of rotatable bonds is 7. The van der Waals surface area contributed by atoms with Crippen molar-refractivity contribution in [1.82, 2.24) is 19.6 Å². The third kappa shape index (κ3) is 4.39. The van der Waals surface area contributed by atoms with E-state index in [0.29, 0.717) is 30.8 Å². The number of fused-ring (bicyclic) bond motifs is 1. The summed E-state index contributed by atoms with van der Waals surface area (Å²) in [6.07, 6.45) is 2.70. The Labute approximate surface area is 176 Å². The van der Waals surface area contributed by atoms with Gasteiger partial charge in [-0.15, -0.1) is 0 Å². The fourth-order valence-corrected chi connectivity index (χ4v) is 5.24. The number of benzene rings is 2. The second kappa shape index (κ2) is 8.57. The number of aromatic amines is 1. The summed E-state index contributed by atoms with van der Waals surface area (Å²) in [5.41, 5.74) is 2.75. The Hall–Kier alpha value is -2.71. The molecule has 0 radical (unpaired) electrons. The van der Waals surface area contributed by atoms with Crippen LogP contribution in [0.1, 0.15) is 43.6 Å². The number of hydrogen-bond donors (Lipinski definition) is 2. The highest BCUT2D eigenvalue weighted by atomic mass is 32.2. The lowest BCUT2D eigenvalue weighted by Gasteiger charge is -2.15. The molecule has 30 heavy (non-hydrogen) atoms. The number of nitrogens with zero attached hydrogens (tertiary/aromatic N) is 2. The van der Waals surface area contributed by atoms with Crippen LogP contribution in [0, 0.1) is 0 Å². The van der Waals surface area contributed by atoms with Crippen LogP contribution in [-0.4, -0.2) is 41.7 Å². The Balaban J connectivity index is 1.32. The van der Waals surface area contributed by atoms with Crippen molar-refractivity contribution >= 4 is 27.0 Å². The summed E-state index contributed by atoms with van der Waals surface area (Å²) in [4.78, 5) is 20.4. The van der Waals surface area contributed by atoms with Crippen LogP contribution in [0.4, 0.5) is 0 Å². The topological polar surface area (TPSA) is 95.2 Å². The number of amides is 1. The van der Waals surface area contributed by atoms with E-state index in [1.807, 2.05) is 31.2 Å². The molecule has 2 N–H and O–H groups in total. The van der Waals surface area contributed by atoms with E-state index in [0.717, 1.165) is 35.3 Å². The van der Waals surface area contributed by atoms with Crippen LogP contribution in [0.3, 0.4) is 0 Å². The van der Waals surface area contributed by atoms with Crippen LogP contribution < -0.4 is 5.32 Å². The summed E-state index contributed by atoms with van der Waals surface area (Å²) in [5.74, 6) is 0.651. The van der Waals surface area contributed by atoms with Gasteiger partial charge in [0.15, 0.2) is 0 Å². The molecule has 8 heteroatoms.